The molecule has 2 aromatic rings. The lowest BCUT2D eigenvalue weighted by Gasteiger charge is -2.11. The number of rotatable bonds is 6. The van der Waals surface area contributed by atoms with Crippen LogP contribution in [0.15, 0.2) is 50.9 Å². The number of hydrogen-bond donors (Lipinski definition) is 1. The predicted molar refractivity (Wildman–Crippen MR) is 94.9 cm³/mol. The van der Waals surface area contributed by atoms with Crippen LogP contribution < -0.4 is 5.32 Å². The Balaban J connectivity index is 2.19. The monoisotopic (exact) mass is 388 g/mol. The van der Waals surface area contributed by atoms with Gasteiger partial charge in [0.2, 0.25) is 0 Å². The molecule has 0 bridgehead atoms. The van der Waals surface area contributed by atoms with Crippen molar-refractivity contribution in [2.24, 2.45) is 0 Å². The largest absolute Gasteiger partial charge is 0.457 e. The highest BCUT2D eigenvalue weighted by Crippen LogP contribution is 2.29. The Bertz CT molecular complexity index is 790. The highest BCUT2D eigenvalue weighted by atomic mass is 79.9. The molecule has 1 N–H and O–H groups in total. The lowest BCUT2D eigenvalue weighted by atomic mass is 10.2. The standard InChI is InChI=1S/C18H17BrN2O3/c1-12(11-23-2)21-18(22)13(10-20)9-14-7-8-17(24-14)15-5-3-4-6-16(15)19/h3-9,12H,11H2,1-2H3,(H,21,22)/b13-9+. The lowest BCUT2D eigenvalue weighted by Crippen LogP contribution is -2.36. The maximum absolute atomic E-state index is 12.1. The number of methoxy groups -OCH3 is 1. The van der Waals surface area contributed by atoms with Crippen LogP contribution >= 0.6 is 15.9 Å². The second kappa shape index (κ2) is 8.48. The molecule has 0 spiro atoms. The molecule has 2 rings (SSSR count). The van der Waals surface area contributed by atoms with E-state index in [2.05, 4.69) is 21.2 Å². The number of carbonyl (C=O) groups excluding carboxylic acids is 1. The van der Waals surface area contributed by atoms with Crippen molar-refractivity contribution in [2.45, 2.75) is 13.0 Å². The summed E-state index contributed by atoms with van der Waals surface area (Å²) in [5.74, 6) is 0.631. The van der Waals surface area contributed by atoms with Gasteiger partial charge in [0.25, 0.3) is 5.91 Å². The summed E-state index contributed by atoms with van der Waals surface area (Å²) in [7, 11) is 1.55. The molecule has 1 aromatic heterocycles. The molecular formula is C18H17BrN2O3. The Morgan fingerprint density at radius 1 is 1.42 bits per heavy atom. The van der Waals surface area contributed by atoms with Crippen LogP contribution in [0, 0.1) is 11.3 Å². The molecule has 1 aromatic carbocycles. The fourth-order valence-electron chi connectivity index (χ4n) is 2.12. The van der Waals surface area contributed by atoms with Gasteiger partial charge in [-0.25, -0.2) is 0 Å². The minimum Gasteiger partial charge on any atom is -0.457 e. The third kappa shape index (κ3) is 4.57. The Morgan fingerprint density at radius 3 is 2.83 bits per heavy atom. The molecule has 1 amide bonds. The highest BCUT2D eigenvalue weighted by Gasteiger charge is 2.14. The summed E-state index contributed by atoms with van der Waals surface area (Å²) >= 11 is 3.47. The molecule has 0 aliphatic carbocycles. The van der Waals surface area contributed by atoms with E-state index in [1.165, 1.54) is 6.08 Å². The van der Waals surface area contributed by atoms with Gasteiger partial charge in [0.15, 0.2) is 0 Å². The third-order valence-corrected chi connectivity index (χ3v) is 3.90. The van der Waals surface area contributed by atoms with Crippen molar-refractivity contribution >= 4 is 27.9 Å². The van der Waals surface area contributed by atoms with Gasteiger partial charge in [0, 0.05) is 29.3 Å². The summed E-state index contributed by atoms with van der Waals surface area (Å²) in [6.07, 6.45) is 1.43. The normalized spacial score (nSPS) is 12.5. The zero-order valence-electron chi connectivity index (χ0n) is 13.4. The number of benzene rings is 1. The van der Waals surface area contributed by atoms with Crippen molar-refractivity contribution in [2.75, 3.05) is 13.7 Å². The first kappa shape index (κ1) is 18.0. The average molecular weight is 389 g/mol. The number of ether oxygens (including phenoxy) is 1. The van der Waals surface area contributed by atoms with Gasteiger partial charge in [0.1, 0.15) is 23.2 Å². The molecule has 0 radical (unpaired) electrons. The summed E-state index contributed by atoms with van der Waals surface area (Å²) in [6, 6.07) is 12.9. The highest BCUT2D eigenvalue weighted by molar-refractivity contribution is 9.10. The second-order valence-electron chi connectivity index (χ2n) is 5.18. The molecule has 1 unspecified atom stereocenters. The van der Waals surface area contributed by atoms with Crippen molar-refractivity contribution < 1.29 is 13.9 Å². The van der Waals surface area contributed by atoms with Crippen molar-refractivity contribution in [3.8, 4) is 17.4 Å². The Labute approximate surface area is 149 Å². The summed E-state index contributed by atoms with van der Waals surface area (Å²) in [6.45, 7) is 2.17. The van der Waals surface area contributed by atoms with Crippen LogP contribution in [-0.2, 0) is 9.53 Å². The van der Waals surface area contributed by atoms with Crippen LogP contribution in [0.5, 0.6) is 0 Å². The van der Waals surface area contributed by atoms with E-state index < -0.39 is 5.91 Å². The molecule has 1 atom stereocenters. The molecule has 6 heteroatoms. The van der Waals surface area contributed by atoms with Crippen LogP contribution in [0.3, 0.4) is 0 Å². The summed E-state index contributed by atoms with van der Waals surface area (Å²) in [5, 5.41) is 11.9. The van der Waals surface area contributed by atoms with E-state index in [1.807, 2.05) is 30.3 Å². The molecule has 0 saturated carbocycles. The van der Waals surface area contributed by atoms with Crippen LogP contribution in [0.1, 0.15) is 12.7 Å². The van der Waals surface area contributed by atoms with Gasteiger partial charge in [-0.05, 0) is 25.1 Å². The van der Waals surface area contributed by atoms with E-state index in [9.17, 15) is 10.1 Å². The van der Waals surface area contributed by atoms with Gasteiger partial charge in [-0.15, -0.1) is 0 Å². The number of nitrogens with one attached hydrogen (secondary N) is 1. The first-order chi connectivity index (χ1) is 11.5. The van der Waals surface area contributed by atoms with Gasteiger partial charge in [-0.3, -0.25) is 4.79 Å². The molecule has 0 fully saturated rings. The number of hydrogen-bond acceptors (Lipinski definition) is 4. The quantitative estimate of drug-likeness (QED) is 0.603. The molecule has 1 heterocycles. The van der Waals surface area contributed by atoms with E-state index >= 15 is 0 Å². The molecular weight excluding hydrogens is 372 g/mol. The number of amides is 1. The number of halogens is 1. The van der Waals surface area contributed by atoms with Gasteiger partial charge in [0.05, 0.1) is 6.61 Å². The number of furan rings is 1. The second-order valence-corrected chi connectivity index (χ2v) is 6.04. The fraction of sp³-hybridized carbons (Fsp3) is 0.222. The summed E-state index contributed by atoms with van der Waals surface area (Å²) in [4.78, 5) is 12.1. The minimum atomic E-state index is -0.458. The van der Waals surface area contributed by atoms with E-state index in [0.717, 1.165) is 10.0 Å². The van der Waals surface area contributed by atoms with Crippen LogP contribution in [-0.4, -0.2) is 25.7 Å². The molecule has 5 nitrogen and oxygen atoms in total. The van der Waals surface area contributed by atoms with Gasteiger partial charge in [-0.2, -0.15) is 5.26 Å². The molecule has 0 aliphatic rings. The Morgan fingerprint density at radius 2 is 2.17 bits per heavy atom. The number of carbonyl (C=O) groups is 1. The van der Waals surface area contributed by atoms with Gasteiger partial charge in [-0.1, -0.05) is 34.1 Å². The molecule has 0 aliphatic heterocycles. The topological polar surface area (TPSA) is 75.3 Å². The van der Waals surface area contributed by atoms with E-state index in [0.29, 0.717) is 18.1 Å². The zero-order chi connectivity index (χ0) is 17.5. The SMILES string of the molecule is COCC(C)NC(=O)/C(C#N)=C/c1ccc(-c2ccccc2Br)o1. The van der Waals surface area contributed by atoms with Gasteiger partial charge >= 0.3 is 0 Å². The zero-order valence-corrected chi connectivity index (χ0v) is 15.0. The first-order valence-corrected chi connectivity index (χ1v) is 8.10. The lowest BCUT2D eigenvalue weighted by molar-refractivity contribution is -0.117. The number of nitrogens with zero attached hydrogens (tertiary/aromatic N) is 1. The number of nitriles is 1. The third-order valence-electron chi connectivity index (χ3n) is 3.21. The first-order valence-electron chi connectivity index (χ1n) is 7.31. The van der Waals surface area contributed by atoms with Crippen molar-refractivity contribution in [1.29, 1.82) is 5.26 Å². The molecule has 24 heavy (non-hydrogen) atoms. The van der Waals surface area contributed by atoms with Crippen molar-refractivity contribution in [3.63, 3.8) is 0 Å². The van der Waals surface area contributed by atoms with E-state index in [4.69, 9.17) is 9.15 Å². The van der Waals surface area contributed by atoms with Crippen LogP contribution in [0.4, 0.5) is 0 Å². The van der Waals surface area contributed by atoms with Crippen LogP contribution in [0.25, 0.3) is 17.4 Å². The van der Waals surface area contributed by atoms with E-state index in [-0.39, 0.29) is 11.6 Å². The maximum atomic E-state index is 12.1. The van der Waals surface area contributed by atoms with E-state index in [1.54, 1.807) is 26.2 Å². The fourth-order valence-corrected chi connectivity index (χ4v) is 2.60. The van der Waals surface area contributed by atoms with Gasteiger partial charge < -0.3 is 14.5 Å². The Hall–Kier alpha value is -2.36. The Kier molecular flexibility index (Phi) is 6.36. The summed E-state index contributed by atoms with van der Waals surface area (Å²) in [5.41, 5.74) is 0.875. The van der Waals surface area contributed by atoms with Crippen LogP contribution in [0.2, 0.25) is 0 Å². The minimum absolute atomic E-state index is 0.0222. The average Bonchev–Trinajstić information content (AvgIpc) is 3.01. The molecule has 124 valence electrons. The molecule has 0 saturated heterocycles. The van der Waals surface area contributed by atoms with Crippen molar-refractivity contribution in [1.82, 2.24) is 5.32 Å². The van der Waals surface area contributed by atoms with Crippen molar-refractivity contribution in [3.05, 3.63) is 52.2 Å². The maximum Gasteiger partial charge on any atom is 0.262 e. The summed E-state index contributed by atoms with van der Waals surface area (Å²) < 4.78 is 11.6. The predicted octanol–water partition coefficient (Wildman–Crippen LogP) is 3.77. The smallest absolute Gasteiger partial charge is 0.262 e.